The van der Waals surface area contributed by atoms with E-state index in [1.165, 1.54) is 5.57 Å². The molecule has 0 bridgehead atoms. The molecule has 0 heterocycles. The molecule has 0 N–H and O–H groups in total. The number of carbonyl (C=O) groups excluding carboxylic acids is 1. The van der Waals surface area contributed by atoms with Crippen molar-refractivity contribution in [1.29, 1.82) is 0 Å². The highest BCUT2D eigenvalue weighted by molar-refractivity contribution is 14.1. The lowest BCUT2D eigenvalue weighted by molar-refractivity contribution is -0.114. The third kappa shape index (κ3) is 2.19. The molecule has 0 saturated heterocycles. The topological polar surface area (TPSA) is 17.1 Å². The summed E-state index contributed by atoms with van der Waals surface area (Å²) in [5.74, 6) is 0.486. The molecule has 2 heteroatoms. The predicted octanol–water partition coefficient (Wildman–Crippen LogP) is 3.93. The molecule has 1 rings (SSSR count). The first-order valence-electron chi connectivity index (χ1n) is 5.46. The van der Waals surface area contributed by atoms with Gasteiger partial charge in [-0.25, -0.2) is 0 Å². The summed E-state index contributed by atoms with van der Waals surface area (Å²) in [4.78, 5) is 11.4. The lowest BCUT2D eigenvalue weighted by atomic mass is 9.70. The van der Waals surface area contributed by atoms with E-state index >= 15 is 0 Å². The number of aldehydes is 1. The molecule has 15 heavy (non-hydrogen) atoms. The molecular formula is C13H19IO. The summed E-state index contributed by atoms with van der Waals surface area (Å²) >= 11 is 2.38. The largest absolute Gasteiger partial charge is 0.302 e. The van der Waals surface area contributed by atoms with Crippen molar-refractivity contribution in [3.63, 3.8) is 0 Å². The SMILES string of the molecule is CCC1(C=O)C=C(C(C)C)C=C[C@@]1(C)I. The van der Waals surface area contributed by atoms with E-state index in [-0.39, 0.29) is 8.84 Å². The maximum atomic E-state index is 11.4. The van der Waals surface area contributed by atoms with Crippen LogP contribution in [0.2, 0.25) is 0 Å². The first kappa shape index (κ1) is 12.9. The smallest absolute Gasteiger partial charge is 0.131 e. The molecule has 84 valence electrons. The molecule has 0 saturated carbocycles. The van der Waals surface area contributed by atoms with Crippen molar-refractivity contribution < 1.29 is 4.79 Å². The molecule has 0 fully saturated rings. The van der Waals surface area contributed by atoms with Crippen LogP contribution in [-0.4, -0.2) is 9.71 Å². The van der Waals surface area contributed by atoms with Crippen molar-refractivity contribution in [2.24, 2.45) is 11.3 Å². The van der Waals surface area contributed by atoms with Crippen molar-refractivity contribution in [3.05, 3.63) is 23.8 Å². The lowest BCUT2D eigenvalue weighted by Gasteiger charge is -2.40. The molecule has 1 unspecified atom stereocenters. The number of halogens is 1. The zero-order chi connectivity index (χ0) is 11.7. The summed E-state index contributed by atoms with van der Waals surface area (Å²) in [5.41, 5.74) is 0.945. The molecule has 0 amide bonds. The fraction of sp³-hybridized carbons (Fsp3) is 0.615. The molecule has 0 aromatic rings. The fourth-order valence-corrected chi connectivity index (χ4v) is 2.78. The maximum absolute atomic E-state index is 11.4. The molecule has 0 aromatic carbocycles. The van der Waals surface area contributed by atoms with Crippen molar-refractivity contribution >= 4 is 28.9 Å². The fourth-order valence-electron chi connectivity index (χ4n) is 1.93. The van der Waals surface area contributed by atoms with Crippen LogP contribution in [0.15, 0.2) is 23.8 Å². The van der Waals surface area contributed by atoms with Crippen LogP contribution in [0.1, 0.15) is 34.1 Å². The summed E-state index contributed by atoms with van der Waals surface area (Å²) in [7, 11) is 0. The minimum atomic E-state index is -0.331. The average molecular weight is 318 g/mol. The molecule has 1 aliphatic rings. The van der Waals surface area contributed by atoms with E-state index in [2.05, 4.69) is 68.5 Å². The van der Waals surface area contributed by atoms with Gasteiger partial charge < -0.3 is 4.79 Å². The zero-order valence-corrected chi connectivity index (χ0v) is 12.0. The van der Waals surface area contributed by atoms with E-state index < -0.39 is 0 Å². The number of rotatable bonds is 3. The van der Waals surface area contributed by atoms with Gasteiger partial charge >= 0.3 is 0 Å². The summed E-state index contributed by atoms with van der Waals surface area (Å²) in [6.45, 7) is 8.53. The minimum absolute atomic E-state index is 0.0976. The highest BCUT2D eigenvalue weighted by Crippen LogP contribution is 2.47. The second kappa shape index (κ2) is 4.40. The Hall–Kier alpha value is -0.120. The number of hydrogen-bond donors (Lipinski definition) is 0. The summed E-state index contributed by atoms with van der Waals surface area (Å²) in [5, 5.41) is 0. The van der Waals surface area contributed by atoms with E-state index in [9.17, 15) is 4.79 Å². The third-order valence-corrected chi connectivity index (χ3v) is 4.75. The van der Waals surface area contributed by atoms with Crippen LogP contribution >= 0.6 is 22.6 Å². The van der Waals surface area contributed by atoms with Crippen LogP contribution in [0.5, 0.6) is 0 Å². The van der Waals surface area contributed by atoms with Gasteiger partial charge in [-0.2, -0.15) is 0 Å². The summed E-state index contributed by atoms with van der Waals surface area (Å²) in [6.07, 6.45) is 8.47. The normalized spacial score (nSPS) is 35.5. The highest BCUT2D eigenvalue weighted by Gasteiger charge is 2.43. The molecule has 1 nitrogen and oxygen atoms in total. The van der Waals surface area contributed by atoms with Gasteiger partial charge in [0, 0.05) is 0 Å². The van der Waals surface area contributed by atoms with E-state index in [4.69, 9.17) is 0 Å². The Morgan fingerprint density at radius 3 is 2.53 bits per heavy atom. The Kier molecular flexibility index (Phi) is 3.80. The molecule has 0 spiro atoms. The van der Waals surface area contributed by atoms with Crippen LogP contribution in [-0.2, 0) is 4.79 Å². The molecule has 0 aliphatic heterocycles. The van der Waals surface area contributed by atoms with Gasteiger partial charge in [-0.05, 0) is 24.8 Å². The number of alkyl halides is 1. The predicted molar refractivity (Wildman–Crippen MR) is 73.3 cm³/mol. The lowest BCUT2D eigenvalue weighted by Crippen LogP contribution is -2.41. The second-order valence-corrected chi connectivity index (χ2v) is 6.96. The standard InChI is InChI=1S/C13H19IO/c1-5-13(9-15)8-11(10(2)3)6-7-12(13,4)14/h6-10H,5H2,1-4H3/t12-,13?/m1/s1. The van der Waals surface area contributed by atoms with Gasteiger partial charge in [0.1, 0.15) is 6.29 Å². The van der Waals surface area contributed by atoms with Crippen LogP contribution in [0.4, 0.5) is 0 Å². The van der Waals surface area contributed by atoms with E-state index in [0.29, 0.717) is 5.92 Å². The van der Waals surface area contributed by atoms with Gasteiger partial charge in [-0.15, -0.1) is 0 Å². The van der Waals surface area contributed by atoms with E-state index in [1.807, 2.05) is 0 Å². The van der Waals surface area contributed by atoms with Gasteiger partial charge in [0.25, 0.3) is 0 Å². The highest BCUT2D eigenvalue weighted by atomic mass is 127. The molecule has 1 aliphatic carbocycles. The van der Waals surface area contributed by atoms with Crippen molar-refractivity contribution in [1.82, 2.24) is 0 Å². The third-order valence-electron chi connectivity index (χ3n) is 3.39. The first-order chi connectivity index (χ1) is 6.88. The number of hydrogen-bond acceptors (Lipinski definition) is 1. The van der Waals surface area contributed by atoms with Crippen LogP contribution in [0.25, 0.3) is 0 Å². The number of allylic oxidation sites excluding steroid dienone is 4. The molecule has 2 atom stereocenters. The quantitative estimate of drug-likeness (QED) is 0.438. The van der Waals surface area contributed by atoms with Crippen LogP contribution in [0.3, 0.4) is 0 Å². The Morgan fingerprint density at radius 2 is 2.13 bits per heavy atom. The van der Waals surface area contributed by atoms with Gasteiger partial charge in [0.15, 0.2) is 0 Å². The van der Waals surface area contributed by atoms with Crippen molar-refractivity contribution in [2.45, 2.75) is 37.5 Å². The zero-order valence-electron chi connectivity index (χ0n) is 9.88. The van der Waals surface area contributed by atoms with Crippen LogP contribution in [0, 0.1) is 11.3 Å². The van der Waals surface area contributed by atoms with Gasteiger partial charge in [0.2, 0.25) is 0 Å². The van der Waals surface area contributed by atoms with Crippen LogP contribution < -0.4 is 0 Å². The first-order valence-corrected chi connectivity index (χ1v) is 6.53. The Bertz CT molecular complexity index is 312. The number of carbonyl (C=O) groups is 1. The van der Waals surface area contributed by atoms with Gasteiger partial charge in [0.05, 0.1) is 8.84 Å². The van der Waals surface area contributed by atoms with Gasteiger partial charge in [-0.3, -0.25) is 0 Å². The summed E-state index contributed by atoms with van der Waals surface area (Å²) in [6, 6.07) is 0. The van der Waals surface area contributed by atoms with Crippen molar-refractivity contribution in [3.8, 4) is 0 Å². The summed E-state index contributed by atoms with van der Waals surface area (Å²) < 4.78 is -0.0976. The van der Waals surface area contributed by atoms with E-state index in [0.717, 1.165) is 12.7 Å². The minimum Gasteiger partial charge on any atom is -0.302 e. The Morgan fingerprint density at radius 1 is 1.53 bits per heavy atom. The monoisotopic (exact) mass is 318 g/mol. The maximum Gasteiger partial charge on any atom is 0.131 e. The molecule has 0 aromatic heterocycles. The van der Waals surface area contributed by atoms with Crippen molar-refractivity contribution in [2.75, 3.05) is 0 Å². The van der Waals surface area contributed by atoms with Gasteiger partial charge in [-0.1, -0.05) is 61.6 Å². The molecule has 0 radical (unpaired) electrons. The Labute approximate surface area is 106 Å². The second-order valence-electron chi connectivity index (χ2n) is 4.72. The average Bonchev–Trinajstić information content (AvgIpc) is 2.17. The molecular weight excluding hydrogens is 299 g/mol. The van der Waals surface area contributed by atoms with E-state index in [1.54, 1.807) is 0 Å². The Balaban J connectivity index is 3.21.